The fourth-order valence-corrected chi connectivity index (χ4v) is 1.63. The van der Waals surface area contributed by atoms with Crippen LogP contribution in [-0.2, 0) is 27.2 Å². The van der Waals surface area contributed by atoms with E-state index < -0.39 is 5.97 Å². The maximum atomic E-state index is 11.6. The number of anilines is 1. The molecule has 0 aliphatic carbocycles. The predicted octanol–water partition coefficient (Wildman–Crippen LogP) is 1.28. The highest BCUT2D eigenvalue weighted by Gasteiger charge is 2.11. The van der Waals surface area contributed by atoms with Gasteiger partial charge in [0.1, 0.15) is 0 Å². The fourth-order valence-electron chi connectivity index (χ4n) is 1.63. The Morgan fingerprint density at radius 1 is 1.05 bits per heavy atom. The van der Waals surface area contributed by atoms with Crippen molar-refractivity contribution in [2.75, 3.05) is 11.9 Å². The van der Waals surface area contributed by atoms with Crippen LogP contribution in [0.1, 0.15) is 45.0 Å². The first-order valence-electron chi connectivity index (χ1n) is 6.78. The van der Waals surface area contributed by atoms with Crippen molar-refractivity contribution in [2.45, 2.75) is 46.5 Å². The molecule has 1 rings (SSSR count). The van der Waals surface area contributed by atoms with Crippen LogP contribution >= 0.6 is 0 Å². The van der Waals surface area contributed by atoms with Gasteiger partial charge in [0.15, 0.2) is 0 Å². The van der Waals surface area contributed by atoms with Crippen LogP contribution in [0.5, 0.6) is 0 Å². The molecule has 7 nitrogen and oxygen atoms in total. The molecular weight excluding hydrogens is 260 g/mol. The fraction of sp³-hybridized carbons (Fsp3) is 0.615. The Balaban J connectivity index is 2.55. The second-order valence-corrected chi connectivity index (χ2v) is 4.09. The molecule has 0 spiro atoms. The average Bonchev–Trinajstić information content (AvgIpc) is 2.45. The summed E-state index contributed by atoms with van der Waals surface area (Å²) < 4.78 is 4.75. The number of hydrogen-bond donors (Lipinski definition) is 1. The number of esters is 1. The molecule has 0 bridgehead atoms. The van der Waals surface area contributed by atoms with Crippen LogP contribution in [0.15, 0.2) is 0 Å². The van der Waals surface area contributed by atoms with Gasteiger partial charge in [-0.15, -0.1) is 10.2 Å². The molecule has 110 valence electrons. The van der Waals surface area contributed by atoms with E-state index in [-0.39, 0.29) is 24.7 Å². The topological polar surface area (TPSA) is 94.1 Å². The summed E-state index contributed by atoms with van der Waals surface area (Å²) in [6.45, 7) is 5.98. The molecule has 1 N–H and O–H groups in total. The minimum Gasteiger partial charge on any atom is -0.466 e. The number of nitrogens with one attached hydrogen (secondary N) is 1. The molecule has 7 heteroatoms. The van der Waals surface area contributed by atoms with Crippen molar-refractivity contribution in [3.8, 4) is 0 Å². The van der Waals surface area contributed by atoms with Crippen LogP contribution < -0.4 is 5.32 Å². The van der Waals surface area contributed by atoms with Gasteiger partial charge in [-0.1, -0.05) is 13.8 Å². The summed E-state index contributed by atoms with van der Waals surface area (Å²) >= 11 is 0. The third kappa shape index (κ3) is 4.91. The molecule has 20 heavy (non-hydrogen) atoms. The van der Waals surface area contributed by atoms with Crippen molar-refractivity contribution in [1.29, 1.82) is 0 Å². The molecule has 0 saturated carbocycles. The molecule has 0 atom stereocenters. The van der Waals surface area contributed by atoms with Crippen molar-refractivity contribution < 1.29 is 14.3 Å². The standard InChI is InChI=1S/C13H20N4O3/c1-4-9-10(5-2)16-17-13(14-9)15-11(18)7-8-12(19)20-6-3/h4-8H2,1-3H3,(H,14,15,17,18). The molecule has 0 unspecified atom stereocenters. The Labute approximate surface area is 118 Å². The average molecular weight is 280 g/mol. The third-order valence-corrected chi connectivity index (χ3v) is 2.62. The van der Waals surface area contributed by atoms with E-state index in [0.717, 1.165) is 24.2 Å². The zero-order valence-electron chi connectivity index (χ0n) is 12.1. The van der Waals surface area contributed by atoms with Crippen LogP contribution in [0.2, 0.25) is 0 Å². The monoisotopic (exact) mass is 280 g/mol. The molecule has 1 aromatic rings. The SMILES string of the molecule is CCOC(=O)CCC(=O)Nc1nnc(CC)c(CC)n1. The lowest BCUT2D eigenvalue weighted by Crippen LogP contribution is -2.17. The summed E-state index contributed by atoms with van der Waals surface area (Å²) in [5.74, 6) is -0.545. The number of aromatic nitrogens is 3. The molecule has 1 heterocycles. The molecule has 0 aliphatic rings. The summed E-state index contributed by atoms with van der Waals surface area (Å²) in [5, 5.41) is 10.4. The van der Waals surface area contributed by atoms with Crippen LogP contribution in [0, 0.1) is 0 Å². The van der Waals surface area contributed by atoms with E-state index >= 15 is 0 Å². The maximum absolute atomic E-state index is 11.6. The third-order valence-electron chi connectivity index (χ3n) is 2.62. The first-order valence-corrected chi connectivity index (χ1v) is 6.78. The van der Waals surface area contributed by atoms with E-state index in [1.807, 2.05) is 13.8 Å². The molecule has 0 radical (unpaired) electrons. The zero-order valence-corrected chi connectivity index (χ0v) is 12.1. The Morgan fingerprint density at radius 2 is 1.75 bits per heavy atom. The molecular formula is C13H20N4O3. The number of aryl methyl sites for hydroxylation is 2. The van der Waals surface area contributed by atoms with Gasteiger partial charge < -0.3 is 4.74 Å². The van der Waals surface area contributed by atoms with Crippen molar-refractivity contribution in [1.82, 2.24) is 15.2 Å². The van der Waals surface area contributed by atoms with E-state index in [4.69, 9.17) is 4.74 Å². The van der Waals surface area contributed by atoms with Gasteiger partial charge in [0.05, 0.1) is 24.4 Å². The highest BCUT2D eigenvalue weighted by Crippen LogP contribution is 2.07. The van der Waals surface area contributed by atoms with Gasteiger partial charge in [-0.3, -0.25) is 14.9 Å². The number of ether oxygens (including phenoxy) is 1. The number of nitrogens with zero attached hydrogens (tertiary/aromatic N) is 3. The molecule has 0 saturated heterocycles. The van der Waals surface area contributed by atoms with Crippen LogP contribution in [-0.4, -0.2) is 33.7 Å². The van der Waals surface area contributed by atoms with Crippen molar-refractivity contribution in [3.05, 3.63) is 11.4 Å². The number of rotatable bonds is 7. The number of carbonyl (C=O) groups is 2. The molecule has 0 fully saturated rings. The van der Waals surface area contributed by atoms with Gasteiger partial charge in [0.2, 0.25) is 11.9 Å². The van der Waals surface area contributed by atoms with Crippen LogP contribution in [0.25, 0.3) is 0 Å². The Bertz CT molecular complexity index is 477. The number of amides is 1. The first kappa shape index (κ1) is 16.0. The number of hydrogen-bond acceptors (Lipinski definition) is 6. The van der Waals surface area contributed by atoms with Crippen LogP contribution in [0.3, 0.4) is 0 Å². The van der Waals surface area contributed by atoms with Gasteiger partial charge in [-0.2, -0.15) is 0 Å². The van der Waals surface area contributed by atoms with E-state index in [2.05, 4.69) is 20.5 Å². The van der Waals surface area contributed by atoms with Crippen molar-refractivity contribution in [3.63, 3.8) is 0 Å². The van der Waals surface area contributed by atoms with Gasteiger partial charge in [0, 0.05) is 6.42 Å². The van der Waals surface area contributed by atoms with Gasteiger partial charge in [0.25, 0.3) is 0 Å². The molecule has 0 aromatic carbocycles. The highest BCUT2D eigenvalue weighted by atomic mass is 16.5. The summed E-state index contributed by atoms with van der Waals surface area (Å²) in [5.41, 5.74) is 1.65. The lowest BCUT2D eigenvalue weighted by Gasteiger charge is -2.06. The Kier molecular flexibility index (Phi) is 6.55. The van der Waals surface area contributed by atoms with Gasteiger partial charge in [-0.25, -0.2) is 4.98 Å². The normalized spacial score (nSPS) is 10.2. The van der Waals surface area contributed by atoms with Crippen molar-refractivity contribution >= 4 is 17.8 Å². The second-order valence-electron chi connectivity index (χ2n) is 4.09. The Hall–Kier alpha value is -2.05. The second kappa shape index (κ2) is 8.19. The van der Waals surface area contributed by atoms with Crippen LogP contribution in [0.4, 0.5) is 5.95 Å². The van der Waals surface area contributed by atoms with E-state index in [1.54, 1.807) is 6.92 Å². The number of carbonyl (C=O) groups excluding carboxylic acids is 2. The quantitative estimate of drug-likeness (QED) is 0.756. The van der Waals surface area contributed by atoms with Crippen molar-refractivity contribution in [2.24, 2.45) is 0 Å². The summed E-state index contributed by atoms with van der Waals surface area (Å²) in [6.07, 6.45) is 1.56. The van der Waals surface area contributed by atoms with E-state index in [1.165, 1.54) is 0 Å². The largest absolute Gasteiger partial charge is 0.466 e. The molecule has 1 aromatic heterocycles. The van der Waals surface area contributed by atoms with E-state index in [0.29, 0.717) is 6.61 Å². The van der Waals surface area contributed by atoms with E-state index in [9.17, 15) is 9.59 Å². The molecule has 0 aliphatic heterocycles. The molecule has 1 amide bonds. The lowest BCUT2D eigenvalue weighted by molar-refractivity contribution is -0.144. The first-order chi connectivity index (χ1) is 9.60. The van der Waals surface area contributed by atoms with Gasteiger partial charge in [-0.05, 0) is 19.8 Å². The van der Waals surface area contributed by atoms with Gasteiger partial charge >= 0.3 is 5.97 Å². The summed E-state index contributed by atoms with van der Waals surface area (Å²) in [6, 6.07) is 0. The summed E-state index contributed by atoms with van der Waals surface area (Å²) in [7, 11) is 0. The lowest BCUT2D eigenvalue weighted by atomic mass is 10.2. The maximum Gasteiger partial charge on any atom is 0.306 e. The summed E-state index contributed by atoms with van der Waals surface area (Å²) in [4.78, 5) is 27.0. The zero-order chi connectivity index (χ0) is 15.0. The minimum absolute atomic E-state index is 0.0409. The minimum atomic E-state index is -0.391. The highest BCUT2D eigenvalue weighted by molar-refractivity contribution is 5.91. The smallest absolute Gasteiger partial charge is 0.306 e. The Morgan fingerprint density at radius 3 is 2.35 bits per heavy atom. The predicted molar refractivity (Wildman–Crippen MR) is 73.1 cm³/mol.